The third-order valence-electron chi connectivity index (χ3n) is 1.71. The molecule has 0 saturated heterocycles. The third-order valence-corrected chi connectivity index (χ3v) is 3.84. The van der Waals surface area contributed by atoms with Crippen LogP contribution in [0.1, 0.15) is 0 Å². The highest BCUT2D eigenvalue weighted by Crippen LogP contribution is 2.24. The van der Waals surface area contributed by atoms with Crippen LogP contribution in [0.25, 0.3) is 10.2 Å². The summed E-state index contributed by atoms with van der Waals surface area (Å²) < 4.78 is 23.0. The molecule has 0 aromatic carbocycles. The molecule has 0 aliphatic rings. The molecule has 0 aliphatic heterocycles. The maximum atomic E-state index is 11.5. The molecule has 0 saturated carbocycles. The second kappa shape index (κ2) is 3.14. The average molecular weight is 226 g/mol. The summed E-state index contributed by atoms with van der Waals surface area (Å²) in [6.07, 6.45) is 1.25. The lowest BCUT2D eigenvalue weighted by atomic mass is 10.4. The van der Waals surface area contributed by atoms with E-state index in [1.807, 2.05) is 0 Å². The smallest absolute Gasteiger partial charge is 0.217 e. The number of hydrogen-bond donors (Lipinski definition) is 0. The molecule has 4 nitrogen and oxygen atoms in total. The van der Waals surface area contributed by atoms with Crippen LogP contribution in [0.15, 0.2) is 34.8 Å². The lowest BCUT2D eigenvalue weighted by Crippen LogP contribution is -1.99. The van der Waals surface area contributed by atoms with Crippen molar-refractivity contribution in [3.05, 3.63) is 29.8 Å². The predicted molar refractivity (Wildman–Crippen MR) is 54.8 cm³/mol. The van der Waals surface area contributed by atoms with E-state index in [-0.39, 0.29) is 5.03 Å². The summed E-state index contributed by atoms with van der Waals surface area (Å²) in [7, 11) is -3.48. The second-order valence-corrected chi connectivity index (χ2v) is 5.23. The van der Waals surface area contributed by atoms with Gasteiger partial charge in [0.2, 0.25) is 9.84 Å². The Labute approximate surface area is 84.9 Å². The van der Waals surface area contributed by atoms with Gasteiger partial charge in [0, 0.05) is 10.8 Å². The molecular formula is C8H6N2O2S2. The number of fused-ring (bicyclic) bond motifs is 1. The van der Waals surface area contributed by atoms with Crippen LogP contribution in [0.2, 0.25) is 0 Å². The van der Waals surface area contributed by atoms with E-state index in [9.17, 15) is 8.42 Å². The maximum absolute atomic E-state index is 11.5. The van der Waals surface area contributed by atoms with Gasteiger partial charge in [-0.25, -0.2) is 18.4 Å². The van der Waals surface area contributed by atoms with E-state index in [0.717, 1.165) is 5.41 Å². The molecule has 0 spiro atoms. The monoisotopic (exact) mass is 226 g/mol. The molecule has 2 aromatic rings. The molecule has 2 heterocycles. The quantitative estimate of drug-likeness (QED) is 0.730. The molecule has 0 unspecified atom stereocenters. The minimum Gasteiger partial charge on any atom is -0.225 e. The highest BCUT2D eigenvalue weighted by Gasteiger charge is 2.16. The van der Waals surface area contributed by atoms with Gasteiger partial charge in [0.05, 0.1) is 0 Å². The number of nitrogens with zero attached hydrogens (tertiary/aromatic N) is 2. The highest BCUT2D eigenvalue weighted by molar-refractivity contribution is 7.94. The summed E-state index contributed by atoms with van der Waals surface area (Å²) in [6.45, 7) is 3.25. The van der Waals surface area contributed by atoms with Crippen LogP contribution in [0.3, 0.4) is 0 Å². The van der Waals surface area contributed by atoms with Crippen LogP contribution < -0.4 is 0 Å². The number of aromatic nitrogens is 2. The van der Waals surface area contributed by atoms with Crippen molar-refractivity contribution < 1.29 is 8.42 Å². The molecule has 0 atom stereocenters. The summed E-state index contributed by atoms with van der Waals surface area (Å²) in [5.41, 5.74) is 0. The normalized spacial score (nSPS) is 11.7. The Bertz CT molecular complexity index is 586. The third kappa shape index (κ3) is 1.32. The minimum atomic E-state index is -3.48. The van der Waals surface area contributed by atoms with Gasteiger partial charge >= 0.3 is 0 Å². The average Bonchev–Trinajstić information content (AvgIpc) is 2.64. The zero-order valence-corrected chi connectivity index (χ0v) is 8.68. The lowest BCUT2D eigenvalue weighted by Gasteiger charge is -1.97. The van der Waals surface area contributed by atoms with Crippen LogP contribution in [-0.2, 0) is 9.84 Å². The summed E-state index contributed by atoms with van der Waals surface area (Å²) in [4.78, 5) is 8.38. The maximum Gasteiger partial charge on any atom is 0.217 e. The fourth-order valence-electron chi connectivity index (χ4n) is 1.07. The molecule has 0 aliphatic carbocycles. The molecule has 72 valence electrons. The Morgan fingerprint density at radius 1 is 1.43 bits per heavy atom. The van der Waals surface area contributed by atoms with Crippen LogP contribution in [0.4, 0.5) is 0 Å². The summed E-state index contributed by atoms with van der Waals surface area (Å²) in [5, 5.41) is 3.25. The zero-order valence-electron chi connectivity index (χ0n) is 7.04. The molecular weight excluding hydrogens is 220 g/mol. The Hall–Kier alpha value is -1.27. The first-order valence-corrected chi connectivity index (χ1v) is 6.13. The first-order valence-electron chi connectivity index (χ1n) is 3.71. The van der Waals surface area contributed by atoms with Crippen LogP contribution in [0.5, 0.6) is 0 Å². The number of hydrogen-bond acceptors (Lipinski definition) is 5. The summed E-state index contributed by atoms with van der Waals surface area (Å²) in [5.74, 6) is 0. The van der Waals surface area contributed by atoms with E-state index in [4.69, 9.17) is 0 Å². The van der Waals surface area contributed by atoms with Crippen molar-refractivity contribution in [1.29, 1.82) is 0 Å². The van der Waals surface area contributed by atoms with Gasteiger partial charge in [-0.1, -0.05) is 6.58 Å². The van der Waals surface area contributed by atoms with Crippen molar-refractivity contribution in [3.63, 3.8) is 0 Å². The van der Waals surface area contributed by atoms with E-state index in [0.29, 0.717) is 10.2 Å². The molecule has 2 rings (SSSR count). The van der Waals surface area contributed by atoms with Crippen molar-refractivity contribution in [2.45, 2.75) is 5.03 Å². The van der Waals surface area contributed by atoms with Crippen molar-refractivity contribution in [2.24, 2.45) is 0 Å². The number of thiophene rings is 1. The van der Waals surface area contributed by atoms with E-state index in [1.165, 1.54) is 17.7 Å². The Kier molecular flexibility index (Phi) is 2.09. The van der Waals surface area contributed by atoms with Crippen LogP contribution >= 0.6 is 11.3 Å². The van der Waals surface area contributed by atoms with Gasteiger partial charge in [0.25, 0.3) is 0 Å². The molecule has 6 heteroatoms. The lowest BCUT2D eigenvalue weighted by molar-refractivity contribution is 0.602. The summed E-state index contributed by atoms with van der Waals surface area (Å²) in [6, 6.07) is 1.69. The SMILES string of the molecule is C=CS(=O)(=O)c1ncnc2sccc12. The van der Waals surface area contributed by atoms with E-state index >= 15 is 0 Å². The molecule has 2 aromatic heterocycles. The molecule has 0 fully saturated rings. The Balaban J connectivity index is 2.87. The Morgan fingerprint density at radius 3 is 2.93 bits per heavy atom. The largest absolute Gasteiger partial charge is 0.225 e. The molecule has 0 radical (unpaired) electrons. The molecule has 0 amide bonds. The van der Waals surface area contributed by atoms with Gasteiger partial charge < -0.3 is 0 Å². The fourth-order valence-corrected chi connectivity index (χ4v) is 2.69. The second-order valence-electron chi connectivity index (χ2n) is 2.53. The molecule has 0 bridgehead atoms. The minimum absolute atomic E-state index is 0.0266. The standard InChI is InChI=1S/C8H6N2O2S2/c1-2-14(11,12)8-6-3-4-13-7(6)9-5-10-8/h2-5H,1H2. The van der Waals surface area contributed by atoms with Gasteiger partial charge in [0.1, 0.15) is 11.2 Å². The predicted octanol–water partition coefficient (Wildman–Crippen LogP) is 1.61. The topological polar surface area (TPSA) is 59.9 Å². The molecule has 0 N–H and O–H groups in total. The van der Waals surface area contributed by atoms with Crippen molar-refractivity contribution >= 4 is 31.4 Å². The highest BCUT2D eigenvalue weighted by atomic mass is 32.2. The zero-order chi connectivity index (χ0) is 10.2. The Morgan fingerprint density at radius 2 is 2.21 bits per heavy atom. The number of rotatable bonds is 2. The van der Waals surface area contributed by atoms with E-state index in [2.05, 4.69) is 16.5 Å². The van der Waals surface area contributed by atoms with E-state index < -0.39 is 9.84 Å². The van der Waals surface area contributed by atoms with Gasteiger partial charge in [-0.2, -0.15) is 0 Å². The fraction of sp³-hybridized carbons (Fsp3) is 0. The first kappa shape index (κ1) is 9.29. The van der Waals surface area contributed by atoms with Gasteiger partial charge in [0.15, 0.2) is 5.03 Å². The summed E-state index contributed by atoms with van der Waals surface area (Å²) >= 11 is 1.38. The van der Waals surface area contributed by atoms with Gasteiger partial charge in [-0.05, 0) is 11.4 Å². The van der Waals surface area contributed by atoms with Gasteiger partial charge in [-0.15, -0.1) is 11.3 Å². The number of sulfone groups is 1. The van der Waals surface area contributed by atoms with E-state index in [1.54, 1.807) is 11.4 Å². The first-order chi connectivity index (χ1) is 6.65. The van der Waals surface area contributed by atoms with Crippen molar-refractivity contribution in [1.82, 2.24) is 9.97 Å². The van der Waals surface area contributed by atoms with Crippen molar-refractivity contribution in [2.75, 3.05) is 0 Å². The van der Waals surface area contributed by atoms with Gasteiger partial charge in [-0.3, -0.25) is 0 Å². The van der Waals surface area contributed by atoms with Crippen LogP contribution in [-0.4, -0.2) is 18.4 Å². The molecule has 14 heavy (non-hydrogen) atoms. The van der Waals surface area contributed by atoms with Crippen LogP contribution in [0, 0.1) is 0 Å². The van der Waals surface area contributed by atoms with Crippen molar-refractivity contribution in [3.8, 4) is 0 Å².